The van der Waals surface area contributed by atoms with Gasteiger partial charge in [0.25, 0.3) is 15.9 Å². The molecular formula is C15H10F2N2O3S. The van der Waals surface area contributed by atoms with Gasteiger partial charge < -0.3 is 0 Å². The Balaban J connectivity index is 2.33. The maximum Gasteiger partial charge on any atom is 0.264 e. The van der Waals surface area contributed by atoms with Crippen LogP contribution in [0.2, 0.25) is 0 Å². The van der Waals surface area contributed by atoms with Gasteiger partial charge in [-0.25, -0.2) is 21.9 Å². The largest absolute Gasteiger partial charge is 0.268 e. The predicted octanol–water partition coefficient (Wildman–Crippen LogP) is 2.29. The zero-order valence-corrected chi connectivity index (χ0v) is 12.3. The molecule has 0 bridgehead atoms. The molecule has 0 heterocycles. The van der Waals surface area contributed by atoms with Gasteiger partial charge in [0.1, 0.15) is 11.6 Å². The molecule has 8 heteroatoms. The molecule has 0 spiro atoms. The predicted molar refractivity (Wildman–Crippen MR) is 77.5 cm³/mol. The summed E-state index contributed by atoms with van der Waals surface area (Å²) in [5.41, 5.74) is -0.337. The van der Waals surface area contributed by atoms with Crippen LogP contribution in [0.25, 0.3) is 0 Å². The van der Waals surface area contributed by atoms with Crippen LogP contribution in [0, 0.1) is 23.0 Å². The van der Waals surface area contributed by atoms with Gasteiger partial charge in [0, 0.05) is 11.6 Å². The van der Waals surface area contributed by atoms with Gasteiger partial charge in [-0.3, -0.25) is 4.79 Å². The molecule has 0 aromatic heterocycles. The van der Waals surface area contributed by atoms with Crippen molar-refractivity contribution in [1.82, 2.24) is 4.72 Å². The standard InChI is InChI=1S/C15H10F2N2O3S/c16-12-6-11(7-13(17)8-12)14(9-18)23(21,22)19-15(20)10-4-2-1-3-5-10/h1-8,14H,(H,19,20). The minimum Gasteiger partial charge on any atom is -0.268 e. The molecular weight excluding hydrogens is 326 g/mol. The number of sulfonamides is 1. The molecule has 118 valence electrons. The molecule has 0 aliphatic rings. The SMILES string of the molecule is N#CC(c1cc(F)cc(F)c1)S(=O)(=O)NC(=O)c1ccccc1. The average Bonchev–Trinajstić information content (AvgIpc) is 2.47. The minimum absolute atomic E-state index is 0.0678. The Labute approximate surface area is 131 Å². The molecule has 5 nitrogen and oxygen atoms in total. The molecule has 0 aliphatic heterocycles. The quantitative estimate of drug-likeness (QED) is 0.928. The van der Waals surface area contributed by atoms with Gasteiger partial charge >= 0.3 is 0 Å². The highest BCUT2D eigenvalue weighted by Gasteiger charge is 2.30. The van der Waals surface area contributed by atoms with E-state index < -0.39 is 38.4 Å². The van der Waals surface area contributed by atoms with Gasteiger partial charge in [0.15, 0.2) is 5.25 Å². The highest BCUT2D eigenvalue weighted by atomic mass is 32.2. The number of hydrogen-bond donors (Lipinski definition) is 1. The van der Waals surface area contributed by atoms with E-state index >= 15 is 0 Å². The molecule has 2 rings (SSSR count). The lowest BCUT2D eigenvalue weighted by Gasteiger charge is -2.12. The van der Waals surface area contributed by atoms with Crippen LogP contribution in [0.3, 0.4) is 0 Å². The lowest BCUT2D eigenvalue weighted by Crippen LogP contribution is -2.34. The monoisotopic (exact) mass is 336 g/mol. The Bertz CT molecular complexity index is 857. The van der Waals surface area contributed by atoms with E-state index in [2.05, 4.69) is 0 Å². The summed E-state index contributed by atoms with van der Waals surface area (Å²) in [6.07, 6.45) is 0. The number of hydrogen-bond acceptors (Lipinski definition) is 4. The summed E-state index contributed by atoms with van der Waals surface area (Å²) in [6, 6.07) is 10.9. The zero-order valence-electron chi connectivity index (χ0n) is 11.5. The molecule has 0 radical (unpaired) electrons. The fraction of sp³-hybridized carbons (Fsp3) is 0.0667. The number of amides is 1. The Morgan fingerprint density at radius 2 is 1.65 bits per heavy atom. The Morgan fingerprint density at radius 1 is 1.09 bits per heavy atom. The summed E-state index contributed by atoms with van der Waals surface area (Å²) in [6.45, 7) is 0. The third-order valence-electron chi connectivity index (χ3n) is 2.89. The van der Waals surface area contributed by atoms with Crippen LogP contribution >= 0.6 is 0 Å². The third-order valence-corrected chi connectivity index (χ3v) is 4.35. The number of benzene rings is 2. The molecule has 0 aliphatic carbocycles. The number of rotatable bonds is 4. The van der Waals surface area contributed by atoms with Crippen molar-refractivity contribution in [3.8, 4) is 6.07 Å². The van der Waals surface area contributed by atoms with Crippen LogP contribution in [0.15, 0.2) is 48.5 Å². The van der Waals surface area contributed by atoms with Gasteiger partial charge in [-0.15, -0.1) is 0 Å². The first-order valence-corrected chi connectivity index (χ1v) is 7.85. The number of nitrogens with one attached hydrogen (secondary N) is 1. The lowest BCUT2D eigenvalue weighted by atomic mass is 10.1. The van der Waals surface area contributed by atoms with E-state index in [9.17, 15) is 22.0 Å². The molecule has 1 unspecified atom stereocenters. The maximum absolute atomic E-state index is 13.2. The molecule has 1 atom stereocenters. The second-order valence-corrected chi connectivity index (χ2v) is 6.32. The summed E-state index contributed by atoms with van der Waals surface area (Å²) < 4.78 is 52.5. The molecule has 0 fully saturated rings. The second kappa shape index (κ2) is 6.54. The number of halogens is 2. The van der Waals surface area contributed by atoms with Crippen molar-refractivity contribution < 1.29 is 22.0 Å². The zero-order chi connectivity index (χ0) is 17.0. The first-order chi connectivity index (χ1) is 10.8. The smallest absolute Gasteiger partial charge is 0.264 e. The third kappa shape index (κ3) is 3.90. The van der Waals surface area contributed by atoms with Gasteiger partial charge in [-0.1, -0.05) is 18.2 Å². The molecule has 2 aromatic carbocycles. The molecule has 2 aromatic rings. The summed E-state index contributed by atoms with van der Waals surface area (Å²) in [5, 5.41) is 7.12. The second-order valence-electron chi connectivity index (χ2n) is 4.55. The van der Waals surface area contributed by atoms with Crippen LogP contribution in [0.1, 0.15) is 21.2 Å². The van der Waals surface area contributed by atoms with Gasteiger partial charge in [-0.2, -0.15) is 5.26 Å². The van der Waals surface area contributed by atoms with Crippen molar-refractivity contribution in [3.05, 3.63) is 71.3 Å². The van der Waals surface area contributed by atoms with Crippen molar-refractivity contribution >= 4 is 15.9 Å². The van der Waals surface area contributed by atoms with Gasteiger partial charge in [-0.05, 0) is 29.8 Å². The molecule has 0 saturated heterocycles. The Kier molecular flexibility index (Phi) is 4.71. The summed E-state index contributed by atoms with van der Waals surface area (Å²) in [7, 11) is -4.50. The normalized spacial score (nSPS) is 12.2. The molecule has 0 saturated carbocycles. The van der Waals surface area contributed by atoms with E-state index in [4.69, 9.17) is 5.26 Å². The lowest BCUT2D eigenvalue weighted by molar-refractivity contribution is 0.0981. The van der Waals surface area contributed by atoms with E-state index in [1.165, 1.54) is 30.3 Å². The minimum atomic E-state index is -4.50. The fourth-order valence-corrected chi connectivity index (χ4v) is 3.01. The number of carbonyl (C=O) groups is 1. The van der Waals surface area contributed by atoms with Crippen LogP contribution < -0.4 is 4.72 Å². The van der Waals surface area contributed by atoms with Gasteiger partial charge in [0.2, 0.25) is 0 Å². The van der Waals surface area contributed by atoms with Crippen LogP contribution in [0.4, 0.5) is 8.78 Å². The van der Waals surface area contributed by atoms with Crippen molar-refractivity contribution in [2.75, 3.05) is 0 Å². The number of nitriles is 1. The topological polar surface area (TPSA) is 87.0 Å². The van der Waals surface area contributed by atoms with Crippen molar-refractivity contribution in [1.29, 1.82) is 5.26 Å². The summed E-state index contributed by atoms with van der Waals surface area (Å²) in [4.78, 5) is 11.9. The van der Waals surface area contributed by atoms with E-state index in [0.29, 0.717) is 6.07 Å². The first kappa shape index (κ1) is 16.6. The summed E-state index contributed by atoms with van der Waals surface area (Å²) >= 11 is 0. The molecule has 1 N–H and O–H groups in total. The van der Waals surface area contributed by atoms with Crippen LogP contribution in [-0.4, -0.2) is 14.3 Å². The fourth-order valence-electron chi connectivity index (χ4n) is 1.89. The number of carbonyl (C=O) groups excluding carboxylic acids is 1. The summed E-state index contributed by atoms with van der Waals surface area (Å²) in [5.74, 6) is -2.99. The Hall–Kier alpha value is -2.79. The van der Waals surface area contributed by atoms with Crippen molar-refractivity contribution in [2.24, 2.45) is 0 Å². The van der Waals surface area contributed by atoms with Gasteiger partial charge in [0.05, 0.1) is 6.07 Å². The van der Waals surface area contributed by atoms with Crippen molar-refractivity contribution in [3.63, 3.8) is 0 Å². The van der Waals surface area contributed by atoms with E-state index in [-0.39, 0.29) is 5.56 Å². The number of nitrogens with zero attached hydrogens (tertiary/aromatic N) is 1. The van der Waals surface area contributed by atoms with Crippen LogP contribution in [0.5, 0.6) is 0 Å². The highest BCUT2D eigenvalue weighted by Crippen LogP contribution is 2.23. The van der Waals surface area contributed by atoms with E-state index in [1.807, 2.05) is 0 Å². The van der Waals surface area contributed by atoms with E-state index in [1.54, 1.807) is 10.8 Å². The van der Waals surface area contributed by atoms with E-state index in [0.717, 1.165) is 12.1 Å². The Morgan fingerprint density at radius 3 is 2.17 bits per heavy atom. The molecule has 1 amide bonds. The molecule has 23 heavy (non-hydrogen) atoms. The highest BCUT2D eigenvalue weighted by molar-refractivity contribution is 7.90. The first-order valence-electron chi connectivity index (χ1n) is 6.30. The average molecular weight is 336 g/mol. The maximum atomic E-state index is 13.2. The van der Waals surface area contributed by atoms with Crippen LogP contribution in [-0.2, 0) is 10.0 Å². The van der Waals surface area contributed by atoms with Crippen molar-refractivity contribution in [2.45, 2.75) is 5.25 Å².